The average Bonchev–Trinajstić information content (AvgIpc) is 2.39. The first-order valence-electron chi connectivity index (χ1n) is 7.57. The molecule has 1 unspecified atom stereocenters. The highest BCUT2D eigenvalue weighted by atomic mass is 32.2. The smallest absolute Gasteiger partial charge is 0.0862 e. The van der Waals surface area contributed by atoms with E-state index in [0.717, 1.165) is 6.42 Å². The molecule has 116 valence electrons. The summed E-state index contributed by atoms with van der Waals surface area (Å²) in [5.74, 6) is 0. The maximum atomic E-state index is 10.0. The van der Waals surface area contributed by atoms with Gasteiger partial charge in [0, 0.05) is 6.61 Å². The van der Waals surface area contributed by atoms with Crippen molar-refractivity contribution in [3.63, 3.8) is 0 Å². The van der Waals surface area contributed by atoms with E-state index in [1.54, 1.807) is 0 Å². The van der Waals surface area contributed by atoms with E-state index in [2.05, 4.69) is 11.1 Å². The molecule has 1 atom stereocenters. The lowest BCUT2D eigenvalue weighted by molar-refractivity contribution is 0.0978. The average molecular weight is 293 g/mol. The standard InChI is InChI=1S/C14H30O4S/c1-2-3-4-5-6-7-8-9-10-11-12-17-13-14-18-19(15)16/h2-14H2,1H3,(H,15,16)/p-1. The molecule has 0 saturated heterocycles. The number of hydrogen-bond donors (Lipinski definition) is 0. The fraction of sp³-hybridized carbons (Fsp3) is 1.00. The van der Waals surface area contributed by atoms with E-state index in [4.69, 9.17) is 4.74 Å². The molecular weight excluding hydrogens is 264 g/mol. The molecule has 0 aliphatic carbocycles. The Morgan fingerprint density at radius 3 is 1.84 bits per heavy atom. The van der Waals surface area contributed by atoms with Crippen LogP contribution >= 0.6 is 0 Å². The highest BCUT2D eigenvalue weighted by Crippen LogP contribution is 2.10. The van der Waals surface area contributed by atoms with Crippen molar-refractivity contribution < 1.29 is 17.7 Å². The molecule has 0 rings (SSSR count). The van der Waals surface area contributed by atoms with Crippen molar-refractivity contribution in [2.45, 2.75) is 71.1 Å². The molecule has 0 N–H and O–H groups in total. The zero-order valence-electron chi connectivity index (χ0n) is 12.2. The Labute approximate surface area is 120 Å². The first-order chi connectivity index (χ1) is 9.27. The van der Waals surface area contributed by atoms with E-state index < -0.39 is 11.4 Å². The topological polar surface area (TPSA) is 58.6 Å². The second kappa shape index (κ2) is 16.1. The minimum absolute atomic E-state index is 0.119. The largest absolute Gasteiger partial charge is 0.750 e. The van der Waals surface area contributed by atoms with E-state index in [1.165, 1.54) is 57.8 Å². The van der Waals surface area contributed by atoms with Crippen molar-refractivity contribution in [2.75, 3.05) is 19.8 Å². The van der Waals surface area contributed by atoms with Crippen LogP contribution in [0, 0.1) is 0 Å². The number of hydrogen-bond acceptors (Lipinski definition) is 4. The predicted molar refractivity (Wildman–Crippen MR) is 77.5 cm³/mol. The summed E-state index contributed by atoms with van der Waals surface area (Å²) >= 11 is -2.41. The fourth-order valence-electron chi connectivity index (χ4n) is 1.95. The maximum Gasteiger partial charge on any atom is 0.0862 e. The SMILES string of the molecule is CCCCCCCCCCCCOCCOS(=O)[O-]. The lowest BCUT2D eigenvalue weighted by Crippen LogP contribution is -2.06. The van der Waals surface area contributed by atoms with E-state index >= 15 is 0 Å². The molecule has 4 nitrogen and oxygen atoms in total. The molecule has 0 aromatic rings. The quantitative estimate of drug-likeness (QED) is 0.341. The highest BCUT2D eigenvalue weighted by molar-refractivity contribution is 7.74. The molecule has 0 aromatic carbocycles. The fourth-order valence-corrected chi connectivity index (χ4v) is 2.16. The number of unbranched alkanes of at least 4 members (excludes halogenated alkanes) is 9. The van der Waals surface area contributed by atoms with Crippen molar-refractivity contribution >= 4 is 11.4 Å². The van der Waals surface area contributed by atoms with E-state index in [-0.39, 0.29) is 6.61 Å². The van der Waals surface area contributed by atoms with E-state index in [0.29, 0.717) is 13.2 Å². The summed E-state index contributed by atoms with van der Waals surface area (Å²) in [6, 6.07) is 0. The van der Waals surface area contributed by atoms with Gasteiger partial charge in [-0.2, -0.15) is 0 Å². The van der Waals surface area contributed by atoms with Crippen molar-refractivity contribution in [3.05, 3.63) is 0 Å². The van der Waals surface area contributed by atoms with Crippen LogP contribution in [-0.4, -0.2) is 28.6 Å². The van der Waals surface area contributed by atoms with Gasteiger partial charge in [0.15, 0.2) is 0 Å². The Balaban J connectivity index is 2.93. The van der Waals surface area contributed by atoms with Crippen LogP contribution in [0.3, 0.4) is 0 Å². The molecule has 0 aliphatic heterocycles. The molecule has 0 aromatic heterocycles. The molecule has 0 spiro atoms. The zero-order valence-corrected chi connectivity index (χ0v) is 13.1. The van der Waals surface area contributed by atoms with E-state index in [9.17, 15) is 8.76 Å². The lowest BCUT2D eigenvalue weighted by Gasteiger charge is -2.06. The van der Waals surface area contributed by atoms with Gasteiger partial charge < -0.3 is 9.29 Å². The molecule has 0 saturated carbocycles. The van der Waals surface area contributed by atoms with Gasteiger partial charge in [-0.1, -0.05) is 64.7 Å². The Bertz CT molecular complexity index is 200. The van der Waals surface area contributed by atoms with Gasteiger partial charge in [0.25, 0.3) is 0 Å². The first kappa shape index (κ1) is 19.0. The van der Waals surface area contributed by atoms with Crippen molar-refractivity contribution in [3.8, 4) is 0 Å². The normalized spacial score (nSPS) is 12.7. The molecule has 0 radical (unpaired) electrons. The lowest BCUT2D eigenvalue weighted by atomic mass is 10.1. The van der Waals surface area contributed by atoms with Crippen LogP contribution in [0.2, 0.25) is 0 Å². The van der Waals surface area contributed by atoms with Crippen LogP contribution in [0.1, 0.15) is 71.1 Å². The van der Waals surface area contributed by atoms with Gasteiger partial charge in [0.05, 0.1) is 24.6 Å². The third kappa shape index (κ3) is 18.0. The van der Waals surface area contributed by atoms with Gasteiger partial charge in [-0.05, 0) is 6.42 Å². The Hall–Kier alpha value is 0.0300. The first-order valence-corrected chi connectivity index (χ1v) is 8.57. The summed E-state index contributed by atoms with van der Waals surface area (Å²) in [4.78, 5) is 0. The molecule has 0 heterocycles. The molecule has 5 heteroatoms. The summed E-state index contributed by atoms with van der Waals surface area (Å²) in [6.07, 6.45) is 13.0. The summed E-state index contributed by atoms with van der Waals surface area (Å²) in [7, 11) is 0. The second-order valence-corrected chi connectivity index (χ2v) is 5.46. The molecule has 19 heavy (non-hydrogen) atoms. The Kier molecular flexibility index (Phi) is 16.1. The van der Waals surface area contributed by atoms with Gasteiger partial charge in [0.1, 0.15) is 0 Å². The van der Waals surface area contributed by atoms with Crippen LogP contribution in [0.4, 0.5) is 0 Å². The second-order valence-electron chi connectivity index (χ2n) is 4.82. The predicted octanol–water partition coefficient (Wildman–Crippen LogP) is 3.73. The summed E-state index contributed by atoms with van der Waals surface area (Å²) in [5, 5.41) is 0. The minimum atomic E-state index is -2.41. The van der Waals surface area contributed by atoms with Gasteiger partial charge in [-0.15, -0.1) is 0 Å². The van der Waals surface area contributed by atoms with Crippen molar-refractivity contribution in [2.24, 2.45) is 0 Å². The molecule has 0 aliphatic rings. The third-order valence-corrected chi connectivity index (χ3v) is 3.41. The van der Waals surface area contributed by atoms with Gasteiger partial charge >= 0.3 is 0 Å². The molecular formula is C14H29O4S-. The zero-order chi connectivity index (χ0) is 14.2. The Morgan fingerprint density at radius 2 is 1.32 bits per heavy atom. The summed E-state index contributed by atoms with van der Waals surface area (Å²) in [6.45, 7) is 3.42. The van der Waals surface area contributed by atoms with Crippen LogP contribution in [-0.2, 0) is 20.3 Å². The van der Waals surface area contributed by atoms with Gasteiger partial charge in [-0.25, -0.2) is 4.21 Å². The Morgan fingerprint density at radius 1 is 0.789 bits per heavy atom. The van der Waals surface area contributed by atoms with Crippen LogP contribution in [0.15, 0.2) is 0 Å². The molecule has 0 amide bonds. The minimum Gasteiger partial charge on any atom is -0.750 e. The maximum absolute atomic E-state index is 10.0. The van der Waals surface area contributed by atoms with Crippen LogP contribution < -0.4 is 0 Å². The van der Waals surface area contributed by atoms with Crippen molar-refractivity contribution in [1.82, 2.24) is 0 Å². The van der Waals surface area contributed by atoms with Gasteiger partial charge in [-0.3, -0.25) is 4.18 Å². The summed E-state index contributed by atoms with van der Waals surface area (Å²) in [5.41, 5.74) is 0. The van der Waals surface area contributed by atoms with Crippen LogP contribution in [0.25, 0.3) is 0 Å². The third-order valence-electron chi connectivity index (χ3n) is 3.05. The number of rotatable bonds is 15. The highest BCUT2D eigenvalue weighted by Gasteiger charge is 1.93. The van der Waals surface area contributed by atoms with Gasteiger partial charge in [0.2, 0.25) is 0 Å². The molecule has 0 fully saturated rings. The monoisotopic (exact) mass is 293 g/mol. The molecule has 0 bridgehead atoms. The van der Waals surface area contributed by atoms with Crippen LogP contribution in [0.5, 0.6) is 0 Å². The van der Waals surface area contributed by atoms with E-state index in [1.807, 2.05) is 0 Å². The summed E-state index contributed by atoms with van der Waals surface area (Å²) < 4.78 is 29.7. The number of ether oxygens (including phenoxy) is 1. The van der Waals surface area contributed by atoms with Crippen molar-refractivity contribution in [1.29, 1.82) is 0 Å².